The molecular formula is C32H23Br2FN2O5. The van der Waals surface area contributed by atoms with Gasteiger partial charge >= 0.3 is 0 Å². The summed E-state index contributed by atoms with van der Waals surface area (Å²) in [6.45, 7) is 0. The molecule has 1 saturated carbocycles. The molecule has 7 rings (SSSR count). The van der Waals surface area contributed by atoms with Crippen LogP contribution in [0.2, 0.25) is 0 Å². The Morgan fingerprint density at radius 2 is 1.24 bits per heavy atom. The van der Waals surface area contributed by atoms with Gasteiger partial charge in [0.1, 0.15) is 0 Å². The van der Waals surface area contributed by atoms with Crippen molar-refractivity contribution < 1.29 is 28.7 Å². The fourth-order valence-corrected chi connectivity index (χ4v) is 7.94. The molecule has 4 aliphatic rings. The quantitative estimate of drug-likeness (QED) is 0.264. The maximum atomic E-state index is 14.7. The van der Waals surface area contributed by atoms with Gasteiger partial charge in [-0.1, -0.05) is 55.6 Å². The van der Waals surface area contributed by atoms with Gasteiger partial charge in [-0.2, -0.15) is 0 Å². The second kappa shape index (κ2) is 9.98. The Morgan fingerprint density at radius 3 is 1.83 bits per heavy atom. The van der Waals surface area contributed by atoms with Crippen molar-refractivity contribution in [3.8, 4) is 5.75 Å². The molecule has 2 saturated heterocycles. The van der Waals surface area contributed by atoms with Gasteiger partial charge < -0.3 is 5.11 Å². The molecule has 0 radical (unpaired) electrons. The van der Waals surface area contributed by atoms with Gasteiger partial charge in [0.05, 0.1) is 35.0 Å². The summed E-state index contributed by atoms with van der Waals surface area (Å²) in [6, 6.07) is 17.9. The maximum absolute atomic E-state index is 14.7. The summed E-state index contributed by atoms with van der Waals surface area (Å²) in [5.74, 6) is -7.40. The number of phenols is 1. The monoisotopic (exact) mass is 692 g/mol. The number of para-hydroxylation sites is 1. The molecule has 2 aliphatic carbocycles. The van der Waals surface area contributed by atoms with Gasteiger partial charge in [0.15, 0.2) is 11.6 Å². The molecule has 7 nitrogen and oxygen atoms in total. The molecule has 0 unspecified atom stereocenters. The number of halogens is 3. The first-order chi connectivity index (χ1) is 20.2. The van der Waals surface area contributed by atoms with Crippen LogP contribution in [0.15, 0.2) is 87.3 Å². The Morgan fingerprint density at radius 1 is 0.690 bits per heavy atom. The van der Waals surface area contributed by atoms with E-state index in [1.165, 1.54) is 11.0 Å². The largest absolute Gasteiger partial charge is 0.505 e. The summed E-state index contributed by atoms with van der Waals surface area (Å²) in [5.41, 5.74) is 1.76. The zero-order valence-electron chi connectivity index (χ0n) is 21.9. The standard InChI is InChI=1S/C32H23Br2FN2O5/c33-15-4-8-17(9-5-15)36-29(39)21-13-12-19-22(26(21)31(36)41)14-23-27(25(19)20-2-1-3-24(35)28(20)38)32(42)37(30(23)40)18-10-6-16(34)7-11-18/h1-12,21-23,25-27,38H,13-14H2/t21-,22+,23+,25+,26-,27+/m0/s1. The molecular weight excluding hydrogens is 671 g/mol. The van der Waals surface area contributed by atoms with Crippen LogP contribution >= 0.6 is 31.9 Å². The first-order valence-corrected chi connectivity index (χ1v) is 15.2. The van der Waals surface area contributed by atoms with Crippen molar-refractivity contribution in [3.05, 3.63) is 98.7 Å². The van der Waals surface area contributed by atoms with E-state index in [1.54, 1.807) is 54.6 Å². The number of hydrogen-bond acceptors (Lipinski definition) is 5. The van der Waals surface area contributed by atoms with Gasteiger partial charge in [0.2, 0.25) is 23.6 Å². The summed E-state index contributed by atoms with van der Waals surface area (Å²) in [6.07, 6.45) is 2.32. The van der Waals surface area contributed by atoms with Crippen LogP contribution in [0.25, 0.3) is 0 Å². The summed E-state index contributed by atoms with van der Waals surface area (Å²) < 4.78 is 16.3. The van der Waals surface area contributed by atoms with Crippen LogP contribution in [0, 0.1) is 35.4 Å². The maximum Gasteiger partial charge on any atom is 0.238 e. The summed E-state index contributed by atoms with van der Waals surface area (Å²) in [7, 11) is 0. The van der Waals surface area contributed by atoms with E-state index in [0.717, 1.165) is 19.9 Å². The molecule has 3 aromatic carbocycles. The van der Waals surface area contributed by atoms with Crippen molar-refractivity contribution in [2.75, 3.05) is 9.80 Å². The molecule has 1 N–H and O–H groups in total. The number of allylic oxidation sites excluding steroid dienone is 2. The zero-order valence-corrected chi connectivity index (χ0v) is 25.1. The van der Waals surface area contributed by atoms with Gasteiger partial charge in [0, 0.05) is 20.4 Å². The number of anilines is 2. The lowest BCUT2D eigenvalue weighted by molar-refractivity contribution is -0.126. The Labute approximate surface area is 257 Å². The number of benzene rings is 3. The average molecular weight is 694 g/mol. The Hall–Kier alpha value is -3.63. The molecule has 10 heteroatoms. The van der Waals surface area contributed by atoms with Crippen LogP contribution < -0.4 is 9.80 Å². The van der Waals surface area contributed by atoms with Crippen molar-refractivity contribution in [1.82, 2.24) is 0 Å². The first-order valence-electron chi connectivity index (χ1n) is 13.6. The van der Waals surface area contributed by atoms with Gasteiger partial charge in [-0.05, 0) is 73.4 Å². The third-order valence-electron chi connectivity index (χ3n) is 9.17. The lowest BCUT2D eigenvalue weighted by Gasteiger charge is -2.44. The molecule has 6 atom stereocenters. The number of rotatable bonds is 3. The number of carbonyl (C=O) groups excluding carboxylic acids is 4. The number of amides is 4. The number of phenolic OH excluding ortho intramolecular Hbond substituents is 1. The topological polar surface area (TPSA) is 95.0 Å². The third-order valence-corrected chi connectivity index (χ3v) is 10.2. The van der Waals surface area contributed by atoms with E-state index in [-0.39, 0.29) is 30.2 Å². The van der Waals surface area contributed by atoms with Crippen LogP contribution in [-0.4, -0.2) is 28.7 Å². The van der Waals surface area contributed by atoms with Crippen LogP contribution in [0.5, 0.6) is 5.75 Å². The Kier molecular flexibility index (Phi) is 6.47. The predicted molar refractivity (Wildman–Crippen MR) is 159 cm³/mol. The fraction of sp³-hybridized carbons (Fsp3) is 0.250. The summed E-state index contributed by atoms with van der Waals surface area (Å²) >= 11 is 6.76. The van der Waals surface area contributed by atoms with Gasteiger partial charge in [-0.15, -0.1) is 0 Å². The lowest BCUT2D eigenvalue weighted by atomic mass is 9.57. The molecule has 2 heterocycles. The van der Waals surface area contributed by atoms with Crippen LogP contribution in [0.1, 0.15) is 24.3 Å². The van der Waals surface area contributed by atoms with E-state index < -0.39 is 58.9 Å². The molecule has 0 bridgehead atoms. The molecule has 2 aliphatic heterocycles. The zero-order chi connectivity index (χ0) is 29.4. The van der Waals surface area contributed by atoms with E-state index >= 15 is 0 Å². The van der Waals surface area contributed by atoms with Crippen LogP contribution in [0.3, 0.4) is 0 Å². The normalized spacial score (nSPS) is 28.5. The number of nitrogens with zero attached hydrogens (tertiary/aromatic N) is 2. The van der Waals surface area contributed by atoms with Gasteiger partial charge in [-0.3, -0.25) is 29.0 Å². The number of hydrogen-bond donors (Lipinski definition) is 1. The van der Waals surface area contributed by atoms with E-state index in [0.29, 0.717) is 16.9 Å². The number of aromatic hydroxyl groups is 1. The highest BCUT2D eigenvalue weighted by atomic mass is 79.9. The smallest absolute Gasteiger partial charge is 0.238 e. The molecule has 3 aromatic rings. The summed E-state index contributed by atoms with van der Waals surface area (Å²) in [4.78, 5) is 58.0. The van der Waals surface area contributed by atoms with Gasteiger partial charge in [-0.25, -0.2) is 4.39 Å². The van der Waals surface area contributed by atoms with Crippen LogP contribution in [0.4, 0.5) is 15.8 Å². The predicted octanol–water partition coefficient (Wildman–Crippen LogP) is 6.10. The lowest BCUT2D eigenvalue weighted by Crippen LogP contribution is -2.43. The highest BCUT2D eigenvalue weighted by molar-refractivity contribution is 9.10. The number of imide groups is 2. The molecule has 42 heavy (non-hydrogen) atoms. The molecule has 4 amide bonds. The number of fused-ring (bicyclic) bond motifs is 4. The molecule has 0 aromatic heterocycles. The highest BCUT2D eigenvalue weighted by Crippen LogP contribution is 2.59. The SMILES string of the molecule is O=C1[C@H]2[C@H](CC=C3[C@H]2C[C@H]2C(=O)N(c4ccc(Br)cc4)C(=O)[C@H]2[C@H]3c2cccc(F)c2O)C(=O)N1c1ccc(Br)cc1. The minimum atomic E-state index is -0.900. The van der Waals surface area contributed by atoms with Crippen molar-refractivity contribution in [1.29, 1.82) is 0 Å². The van der Waals surface area contributed by atoms with E-state index in [2.05, 4.69) is 31.9 Å². The van der Waals surface area contributed by atoms with E-state index in [1.807, 2.05) is 6.08 Å². The van der Waals surface area contributed by atoms with Gasteiger partial charge in [0.25, 0.3) is 0 Å². The first kappa shape index (κ1) is 27.2. The minimum Gasteiger partial charge on any atom is -0.505 e. The van der Waals surface area contributed by atoms with E-state index in [4.69, 9.17) is 0 Å². The van der Waals surface area contributed by atoms with E-state index in [9.17, 15) is 28.7 Å². The second-order valence-electron chi connectivity index (χ2n) is 11.2. The highest BCUT2D eigenvalue weighted by Gasteiger charge is 2.62. The number of carbonyl (C=O) groups is 4. The minimum absolute atomic E-state index is 0.190. The second-order valence-corrected chi connectivity index (χ2v) is 13.0. The Balaban J connectivity index is 1.35. The fourth-order valence-electron chi connectivity index (χ4n) is 7.41. The Bertz CT molecular complexity index is 1710. The molecule has 3 fully saturated rings. The van der Waals surface area contributed by atoms with Crippen molar-refractivity contribution in [2.45, 2.75) is 18.8 Å². The van der Waals surface area contributed by atoms with Crippen molar-refractivity contribution in [3.63, 3.8) is 0 Å². The average Bonchev–Trinajstić information content (AvgIpc) is 3.38. The third kappa shape index (κ3) is 3.95. The van der Waals surface area contributed by atoms with Crippen molar-refractivity contribution >= 4 is 66.9 Å². The molecule has 212 valence electrons. The van der Waals surface area contributed by atoms with Crippen molar-refractivity contribution in [2.24, 2.45) is 29.6 Å². The van der Waals surface area contributed by atoms with Crippen LogP contribution in [-0.2, 0) is 19.2 Å². The molecule has 0 spiro atoms. The summed E-state index contributed by atoms with van der Waals surface area (Å²) in [5, 5.41) is 10.9.